The highest BCUT2D eigenvalue weighted by Crippen LogP contribution is 2.80. The molecule has 18 aliphatic rings. The van der Waals surface area contributed by atoms with Gasteiger partial charge < -0.3 is 99.9 Å². The maximum atomic E-state index is 14.3. The molecule has 0 aromatic rings. The minimum atomic E-state index is -1.13. The highest BCUT2D eigenvalue weighted by Gasteiger charge is 2.79. The summed E-state index contributed by atoms with van der Waals surface area (Å²) < 4.78 is 36.6. The summed E-state index contributed by atoms with van der Waals surface area (Å²) in [7, 11) is 0. The second-order valence-corrected chi connectivity index (χ2v) is 58.6. The number of rotatable bonds is 18. The van der Waals surface area contributed by atoms with Crippen molar-refractivity contribution in [1.82, 2.24) is 0 Å². The average Bonchev–Trinajstić information content (AvgIpc) is 1.65. The highest BCUT2D eigenvalue weighted by atomic mass is 16.6. The minimum Gasteiger partial charge on any atom is -0.468 e. The minimum absolute atomic E-state index is 0.0100. The highest BCUT2D eigenvalue weighted by molar-refractivity contribution is 5.98. The first-order chi connectivity index (χ1) is 65.7. The van der Waals surface area contributed by atoms with Gasteiger partial charge in [-0.2, -0.15) is 0 Å². The molecule has 6 unspecified atom stereocenters. The Balaban J connectivity index is 0.000000144. The average molecular weight is 2020 g/mol. The van der Waals surface area contributed by atoms with Crippen LogP contribution >= 0.6 is 0 Å². The number of carbonyl (C=O) groups excluding carboxylic acids is 4. The van der Waals surface area contributed by atoms with Crippen molar-refractivity contribution in [2.45, 2.75) is 505 Å². The van der Waals surface area contributed by atoms with Crippen LogP contribution in [0.4, 0.5) is 0 Å². The Bertz CT molecular complexity index is 4970. The quantitative estimate of drug-likeness (QED) is 0.0344. The monoisotopic (exact) mass is 2020 g/mol. The number of ether oxygens (including phenoxy) is 6. The van der Waals surface area contributed by atoms with Crippen LogP contribution in [0.1, 0.15) is 375 Å². The van der Waals surface area contributed by atoms with E-state index in [1.807, 2.05) is 68.4 Å². The van der Waals surface area contributed by atoms with Gasteiger partial charge in [0, 0.05) is 70.0 Å². The second kappa shape index (κ2) is 36.7. The predicted octanol–water partition coefficient (Wildman–Crippen LogP) is 16.9. The fourth-order valence-corrected chi connectivity index (χ4v) is 40.0. The van der Waals surface area contributed by atoms with E-state index >= 15 is 0 Å². The van der Waals surface area contributed by atoms with Crippen molar-refractivity contribution < 1.29 is 119 Å². The van der Waals surface area contributed by atoms with Crippen molar-refractivity contribution in [2.75, 3.05) is 13.2 Å². The van der Waals surface area contributed by atoms with E-state index in [4.69, 9.17) is 28.4 Å². The van der Waals surface area contributed by atoms with Gasteiger partial charge >= 0.3 is 0 Å². The molecule has 24 heteroatoms. The SMILES string of the molecule is C=C(C)[C@@H]1[C@@H](O)CC2C(=CC[C@]3(C)[C@@H]([C@@]4(C)CC[C@@H](C(C)(C)O)O4)[C@@H](O)C[C@@]23C)[C@@]1(C)CCOC=O.CC(C)(O)[C@@H]1CC[C@](C)([C@H]2[C@@H](O)C[C@@]3(C)C4C[C@H](O)C5C(C)(C)[C@@H](O)CC[C@]5(C)C4=CC(=O)[C@]23C)O1.CC(C)(O)[C@@H]1CC[C@](C)([C@H]2[C@@H](O)C[C@@]3(C)C4C[C@H](O)[C@@H](C(C)(C)O)[C@](C)(CCOC=O)C4=CC[C@]23C)O1.CC1(C)C(=O)CC[C@]2(C)C3=CC[C@]4(C)[C@@H]([C@@]5(C)CC[C@@H](C(C)(C)O)O5)[C@@H](O)C[C@@]4(C)C3C[C@H](O)C12. The Morgan fingerprint density at radius 2 is 0.708 bits per heavy atom. The summed E-state index contributed by atoms with van der Waals surface area (Å²) in [5, 5.41) is 157. The number of Topliss-reactive ketones (excluding diaryl/α,β-unsaturated/α-hetero) is 1. The first kappa shape index (κ1) is 114. The third-order valence-corrected chi connectivity index (χ3v) is 47.2. The molecule has 0 bridgehead atoms. The molecule has 0 aromatic heterocycles. The lowest BCUT2D eigenvalue weighted by Gasteiger charge is -2.64. The molecule has 4 aliphatic heterocycles. The van der Waals surface area contributed by atoms with Gasteiger partial charge in [0.2, 0.25) is 0 Å². The Kier molecular flexibility index (Phi) is 29.1. The summed E-state index contributed by atoms with van der Waals surface area (Å²) in [6.07, 6.45) is 19.8. The van der Waals surface area contributed by atoms with Crippen LogP contribution < -0.4 is 0 Å². The molecule has 18 rings (SSSR count). The standard InChI is InChI=1S/C30H50O7.2C30H48O6.C30H48O5/c1-25(2,34)22-10-12-30(8,37-22)24-21(33)16-29(7)19-15-20(32)23(26(3,4)35)27(5,13-14-36-17-31)18(19)9-11-28(24,29)6;1-25(2)20(33)9-11-27(5)16-14-21(34)30(8)24(29(7)12-10-22(36-29)26(3,4)35)19(32)15-28(30,6)17(16)13-18(31)23(25)27;1-18(2)24-21(32)15-20-19(27(24,5)13-14-35-17-31)9-11-28(6)25(22(33)16-29(20,28)7)30(8)12-10-23(36-30)26(3,4)34;1-25(2)21(33)10-12-27(5)17-9-13-28(6)24(30(8)14-11-22(35-30)26(3,4)34)20(32)16-29(28,7)18(17)15-19(31)23(25)27/h9,17,19-24,32-35H,10-16H2,1-8H3;14,17-20,22-24,31-33,35H,9-13,15H2,1-8H3;9,17,20-25,32-34H,1,10-16H2,2-8H3;9,18-20,22-24,31-32,34H,10-16H2,1-8H3/t19?,20-,21-,22-,23-,24-,27+,28+,29-,30+;17?,18-,19-,20-,22-,23?,24+,27+,28-,29+,30+;20?,21-,22-,23-,24+,25-,27+,28+,29-,30+;18?,19-,20-,22-,23?,24-,27+,28+,29-,30+/m0000/s1. The van der Waals surface area contributed by atoms with Crippen molar-refractivity contribution in [3.05, 3.63) is 58.7 Å². The number of carbonyl (C=O) groups is 4. The Morgan fingerprint density at radius 3 is 1.08 bits per heavy atom. The van der Waals surface area contributed by atoms with Crippen molar-refractivity contribution in [1.29, 1.82) is 0 Å². The molecule has 0 radical (unpaired) electrons. The number of aliphatic hydroxyl groups excluding tert-OH is 9. The van der Waals surface area contributed by atoms with Crippen LogP contribution in [-0.4, -0.2) is 239 Å². The van der Waals surface area contributed by atoms with E-state index in [1.165, 1.54) is 16.7 Å². The summed E-state index contributed by atoms with van der Waals surface area (Å²) in [6.45, 7) is 68.7. The van der Waals surface area contributed by atoms with Crippen molar-refractivity contribution >= 4 is 24.5 Å². The van der Waals surface area contributed by atoms with E-state index in [2.05, 4.69) is 122 Å². The number of hydrogen-bond acceptors (Lipinski definition) is 24. The number of hydrogen-bond donors (Lipinski definition) is 14. The van der Waals surface area contributed by atoms with Crippen LogP contribution in [0.15, 0.2) is 58.7 Å². The van der Waals surface area contributed by atoms with Gasteiger partial charge in [0.1, 0.15) is 5.78 Å². The van der Waals surface area contributed by atoms with Gasteiger partial charge in [0.15, 0.2) is 5.78 Å². The van der Waals surface area contributed by atoms with Crippen molar-refractivity contribution in [3.8, 4) is 0 Å². The third-order valence-electron chi connectivity index (χ3n) is 47.2. The molecule has 4 heterocycles. The Morgan fingerprint density at radius 1 is 0.382 bits per heavy atom. The molecule has 4 saturated heterocycles. The topological polar surface area (TPSA) is 407 Å². The van der Waals surface area contributed by atoms with Gasteiger partial charge in [-0.05, 0) is 347 Å². The Hall–Kier alpha value is -3.74. The summed E-state index contributed by atoms with van der Waals surface area (Å²) in [5.41, 5.74) is -6.58. The number of fused-ring (bicyclic) bond motifs is 16. The fourth-order valence-electron chi connectivity index (χ4n) is 40.0. The lowest BCUT2D eigenvalue weighted by atomic mass is 9.40. The van der Waals surface area contributed by atoms with Gasteiger partial charge in [-0.25, -0.2) is 0 Å². The normalized spacial score (nSPS) is 51.2. The lowest BCUT2D eigenvalue weighted by Crippen LogP contribution is -2.64. The molecular weight excluding hydrogens is 1830 g/mol. The van der Waals surface area contributed by atoms with E-state index in [-0.39, 0.29) is 151 Å². The predicted molar refractivity (Wildman–Crippen MR) is 552 cm³/mol. The van der Waals surface area contributed by atoms with Crippen LogP contribution in [0.3, 0.4) is 0 Å². The number of aliphatic hydroxyl groups is 14. The van der Waals surface area contributed by atoms with E-state index in [1.54, 1.807) is 55.4 Å². The van der Waals surface area contributed by atoms with Crippen LogP contribution in [0.2, 0.25) is 0 Å². The maximum Gasteiger partial charge on any atom is 0.293 e. The molecule has 10 saturated carbocycles. The van der Waals surface area contributed by atoms with Crippen LogP contribution in [0.25, 0.3) is 0 Å². The zero-order valence-electron chi connectivity index (χ0n) is 94.0. The van der Waals surface area contributed by atoms with Gasteiger partial charge in [-0.1, -0.05) is 163 Å². The number of allylic oxidation sites excluding steroid dienone is 8. The van der Waals surface area contributed by atoms with Gasteiger partial charge in [-0.3, -0.25) is 19.2 Å². The fraction of sp³-hybridized carbons (Fsp3) is 0.883. The summed E-state index contributed by atoms with van der Waals surface area (Å²) in [4.78, 5) is 49.0. The smallest absolute Gasteiger partial charge is 0.293 e. The molecule has 14 N–H and O–H groups in total. The van der Waals surface area contributed by atoms with Crippen molar-refractivity contribution in [2.24, 2.45) is 147 Å². The zero-order chi connectivity index (χ0) is 108. The molecule has 41 atom stereocenters. The molecule has 14 fully saturated rings. The van der Waals surface area contributed by atoms with Crippen LogP contribution in [0.5, 0.6) is 0 Å². The van der Waals surface area contributed by atoms with E-state index in [9.17, 15) is 90.7 Å². The third kappa shape index (κ3) is 17.1. The summed E-state index contributed by atoms with van der Waals surface area (Å²) in [5.74, 6) is -0.823. The Labute approximate surface area is 862 Å². The zero-order valence-corrected chi connectivity index (χ0v) is 94.0. The second-order valence-electron chi connectivity index (χ2n) is 58.6. The lowest BCUT2D eigenvalue weighted by molar-refractivity contribution is -0.186. The van der Waals surface area contributed by atoms with E-state index in [0.717, 1.165) is 81.8 Å². The first-order valence-corrected chi connectivity index (χ1v) is 55.8. The number of ketones is 2. The molecule has 0 amide bonds. The largest absolute Gasteiger partial charge is 0.468 e. The first-order valence-electron chi connectivity index (χ1n) is 55.8. The van der Waals surface area contributed by atoms with Gasteiger partial charge in [-0.15, -0.1) is 0 Å². The van der Waals surface area contributed by atoms with Crippen LogP contribution in [0, 0.1) is 147 Å². The summed E-state index contributed by atoms with van der Waals surface area (Å²) >= 11 is 0. The van der Waals surface area contributed by atoms with Gasteiger partial charge in [0.05, 0.1) is 143 Å². The molecule has 818 valence electrons. The molecule has 0 spiro atoms. The van der Waals surface area contributed by atoms with Crippen LogP contribution in [-0.2, 0) is 47.6 Å². The summed E-state index contributed by atoms with van der Waals surface area (Å²) in [6, 6.07) is 0. The van der Waals surface area contributed by atoms with E-state index < -0.39 is 144 Å². The van der Waals surface area contributed by atoms with Gasteiger partial charge in [0.25, 0.3) is 12.9 Å². The molecule has 144 heavy (non-hydrogen) atoms. The molecular formula is C120H194O24. The molecule has 14 aliphatic carbocycles. The maximum absolute atomic E-state index is 14.3. The van der Waals surface area contributed by atoms with Crippen molar-refractivity contribution in [3.63, 3.8) is 0 Å². The molecule has 0 aromatic carbocycles. The van der Waals surface area contributed by atoms with E-state index in [0.29, 0.717) is 109 Å². The molecule has 24 nitrogen and oxygen atoms in total.